The van der Waals surface area contributed by atoms with Gasteiger partial charge in [-0.15, -0.1) is 0 Å². The van der Waals surface area contributed by atoms with Crippen LogP contribution < -0.4 is 42.0 Å². The van der Waals surface area contributed by atoms with E-state index in [-0.39, 0.29) is 66.9 Å². The summed E-state index contributed by atoms with van der Waals surface area (Å²) in [5.41, 5.74) is 4.54. The van der Waals surface area contributed by atoms with Crippen LogP contribution in [0.15, 0.2) is 72.4 Å². The number of ether oxygens (including phenoxy) is 6. The Labute approximate surface area is 515 Å². The number of esters is 2. The van der Waals surface area contributed by atoms with Crippen LogP contribution in [0.5, 0.6) is 5.75 Å². The predicted octanol–water partition coefficient (Wildman–Crippen LogP) is 5.90. The van der Waals surface area contributed by atoms with Gasteiger partial charge in [-0.3, -0.25) is 29.3 Å². The number of alkyl carbamates (subject to hydrolysis) is 1. The molecule has 2 fully saturated rings. The molecule has 26 heteroatoms. The van der Waals surface area contributed by atoms with Crippen molar-refractivity contribution in [1.82, 2.24) is 26.2 Å². The molecule has 2 aromatic rings. The quantitative estimate of drug-likeness (QED) is 0.0161. The van der Waals surface area contributed by atoms with Crippen LogP contribution in [0.2, 0.25) is 5.02 Å². The Bertz CT molecular complexity index is 2890. The number of allylic oxidation sites excluding steroid dienone is 3. The average Bonchev–Trinajstić information content (AvgIpc) is 1.82. The van der Waals surface area contributed by atoms with Gasteiger partial charge in [0.1, 0.15) is 52.8 Å². The number of benzene rings is 2. The molecule has 2 saturated heterocycles. The van der Waals surface area contributed by atoms with E-state index in [0.717, 1.165) is 16.0 Å². The zero-order chi connectivity index (χ0) is 63.8. The lowest BCUT2D eigenvalue weighted by Crippen LogP contribution is -2.63. The molecule has 2 aromatic carbocycles. The molecule has 24 nitrogen and oxygen atoms in total. The molecular weight excluding hydrogens is 1200 g/mol. The molecule has 3 heterocycles. The number of nitrogens with two attached hydrogens (primary N) is 1. The van der Waals surface area contributed by atoms with Gasteiger partial charge in [0.2, 0.25) is 23.6 Å². The maximum Gasteiger partial charge on any atom is 0.409 e. The largest absolute Gasteiger partial charge is 0.495 e. The zero-order valence-electron chi connectivity index (χ0n) is 50.4. The van der Waals surface area contributed by atoms with Crippen molar-refractivity contribution in [2.24, 2.45) is 17.6 Å². The molecule has 4 bridgehead atoms. The number of rotatable bonds is 24. The van der Waals surface area contributed by atoms with Gasteiger partial charge in [-0.2, -0.15) is 0 Å². The maximum absolute atomic E-state index is 14.5. The number of nitrogens with zero attached hydrogens (tertiary/aromatic N) is 2. The van der Waals surface area contributed by atoms with Crippen LogP contribution >= 0.6 is 27.5 Å². The van der Waals surface area contributed by atoms with Crippen LogP contribution in [-0.4, -0.2) is 164 Å². The molecule has 0 radical (unpaired) electrons. The normalized spacial score (nSPS) is 24.1. The number of carbonyl (C=O) groups excluding carboxylic acids is 9. The van der Waals surface area contributed by atoms with Crippen LogP contribution in [0.4, 0.5) is 21.0 Å². The van der Waals surface area contributed by atoms with Crippen LogP contribution in [-0.2, 0) is 58.9 Å². The first kappa shape index (κ1) is 69.7. The van der Waals surface area contributed by atoms with E-state index in [1.54, 1.807) is 52.0 Å². The van der Waals surface area contributed by atoms with E-state index < -0.39 is 114 Å². The second-order valence-corrected chi connectivity index (χ2v) is 23.3. The van der Waals surface area contributed by atoms with E-state index in [4.69, 9.17) is 45.8 Å². The van der Waals surface area contributed by atoms with E-state index in [2.05, 4.69) is 49.1 Å². The zero-order valence-corrected chi connectivity index (χ0v) is 52.7. The molecule has 0 saturated carbocycles. The Balaban J connectivity index is 1.30. The maximum atomic E-state index is 14.5. The highest BCUT2D eigenvalue weighted by Crippen LogP contribution is 2.49. The second kappa shape index (κ2) is 31.5. The molecule has 8 amide bonds. The van der Waals surface area contributed by atoms with Gasteiger partial charge in [0, 0.05) is 68.7 Å². The third kappa shape index (κ3) is 18.7. The van der Waals surface area contributed by atoms with Gasteiger partial charge in [-0.1, -0.05) is 78.7 Å². The number of hydrogen-bond donors (Lipinski definition) is 7. The summed E-state index contributed by atoms with van der Waals surface area (Å²) >= 11 is 10.0. The van der Waals surface area contributed by atoms with Gasteiger partial charge in [0.15, 0.2) is 5.72 Å². The number of amides is 8. The number of likely N-dealkylation sites (N-methyl/N-ethyl adjacent to an activating group) is 1. The number of hydrogen-bond acceptors (Lipinski definition) is 16. The number of primary amides is 1. The molecule has 0 aliphatic carbocycles. The lowest BCUT2D eigenvalue weighted by atomic mass is 9.83. The van der Waals surface area contributed by atoms with Crippen molar-refractivity contribution < 1.29 is 76.7 Å². The number of alkyl halides is 1. The molecule has 86 heavy (non-hydrogen) atoms. The van der Waals surface area contributed by atoms with Crippen LogP contribution in [0, 0.1) is 11.8 Å². The van der Waals surface area contributed by atoms with E-state index in [1.807, 2.05) is 13.0 Å². The van der Waals surface area contributed by atoms with Crippen molar-refractivity contribution in [3.8, 4) is 5.75 Å². The van der Waals surface area contributed by atoms with Crippen LogP contribution in [0.25, 0.3) is 0 Å². The van der Waals surface area contributed by atoms with Crippen LogP contribution in [0.1, 0.15) is 109 Å². The Morgan fingerprint density at radius 1 is 1.02 bits per heavy atom. The highest BCUT2D eigenvalue weighted by atomic mass is 79.9. The lowest BCUT2D eigenvalue weighted by molar-refractivity contribution is -0.158. The number of halogens is 2. The average molecular weight is 1290 g/mol. The molecular formula is C60H82BrClN8O16. The number of urea groups is 1. The van der Waals surface area contributed by atoms with Crippen molar-refractivity contribution in [2.45, 2.75) is 153 Å². The second-order valence-electron chi connectivity index (χ2n) is 22.3. The summed E-state index contributed by atoms with van der Waals surface area (Å²) in [6.45, 7) is 14.1. The Morgan fingerprint density at radius 3 is 2.36 bits per heavy atom. The Morgan fingerprint density at radius 2 is 1.72 bits per heavy atom. The smallest absolute Gasteiger partial charge is 0.409 e. The van der Waals surface area contributed by atoms with Crippen molar-refractivity contribution in [1.29, 1.82) is 0 Å². The first-order chi connectivity index (χ1) is 40.6. The summed E-state index contributed by atoms with van der Waals surface area (Å²) in [7, 11) is 5.77. The van der Waals surface area contributed by atoms with Gasteiger partial charge in [0.05, 0.1) is 31.9 Å². The van der Waals surface area contributed by atoms with Gasteiger partial charge < -0.3 is 70.3 Å². The minimum absolute atomic E-state index is 0.0522. The molecule has 10 atom stereocenters. The summed E-state index contributed by atoms with van der Waals surface area (Å²) in [4.78, 5) is 122. The molecule has 8 N–H and O–H groups in total. The van der Waals surface area contributed by atoms with Gasteiger partial charge in [-0.25, -0.2) is 19.2 Å². The van der Waals surface area contributed by atoms with Crippen LogP contribution in [0.3, 0.4) is 0 Å². The summed E-state index contributed by atoms with van der Waals surface area (Å²) in [6, 6.07) is 5.07. The predicted molar refractivity (Wildman–Crippen MR) is 323 cm³/mol. The highest BCUT2D eigenvalue weighted by Gasteiger charge is 2.64. The molecule has 0 unspecified atom stereocenters. The summed E-state index contributed by atoms with van der Waals surface area (Å²) < 4.78 is 34.7. The number of aliphatic hydroxyl groups is 1. The number of methoxy groups -OCH3 is 2. The standard InChI is InChI=1S/C60H82BrClN8O16/c1-33(2)50(67-47(71)20-13-12-14-26-83-55(76)35(4)32-61)53(74)66-41(18-16-25-64-57(63)78)52(73)65-40-23-21-39(22-24-40)54(75)69(8)37(6)56(77)85-46-30-48(72)70(9)42-28-38(29-43(81-10)49(42)62)27-34(3)17-15-19-45(82-11)60(80)31-44(84-58(79)68-60)36(5)51-59(46,7)86-51/h15,17,19,21-24,28-29,33,36-37,41,44-46,50-51,80H,4,12-14,16,18,20,25-27,30-32H2,1-3,5-11H3,(H,65,73)(H,66,74)(H,67,71)(H,68,79)(H3,63,64,78)/b19-15+,34-17+/t36-,37+,41+,44+,45-,46+,50+,51+,59+,60+/m1/s1. The first-order valence-electron chi connectivity index (χ1n) is 28.4. The van der Waals surface area contributed by atoms with E-state index in [0.29, 0.717) is 48.0 Å². The first-order valence-corrected chi connectivity index (χ1v) is 29.9. The van der Waals surface area contributed by atoms with E-state index >= 15 is 0 Å². The molecule has 3 aliphatic heterocycles. The van der Waals surface area contributed by atoms with Crippen molar-refractivity contribution in [3.05, 3.63) is 88.5 Å². The van der Waals surface area contributed by atoms with Gasteiger partial charge in [0.25, 0.3) is 5.91 Å². The monoisotopic (exact) mass is 1280 g/mol. The molecule has 0 aromatic heterocycles. The SMILES string of the molecule is C=C(CBr)C(=O)OCCCCCC(=O)N[C@H](C(=O)N[C@@H](CCCNC(N)=O)C(=O)Nc1ccc(C(=O)N(C)[C@@H](C)C(=O)O[C@H]2CC(=O)N(C)c3cc(cc(OC)c3Cl)C/C(C)=C/C=C/[C@@H](OC)[C@@]3(O)C[C@H](OC(=O)N3)[C@@H](C)[C@@H]3O[C@@]23C)cc1)C(C)C. The number of fused-ring (bicyclic) bond motifs is 5. The fraction of sp³-hybridized carbons (Fsp3) is 0.550. The topological polar surface area (TPSA) is 325 Å². The van der Waals surface area contributed by atoms with E-state index in [1.165, 1.54) is 64.4 Å². The highest BCUT2D eigenvalue weighted by molar-refractivity contribution is 9.09. The Hall–Kier alpha value is -7.06. The van der Waals surface area contributed by atoms with Crippen molar-refractivity contribution in [3.63, 3.8) is 0 Å². The molecule has 472 valence electrons. The summed E-state index contributed by atoms with van der Waals surface area (Å²) in [5, 5.41) is 25.6. The van der Waals surface area contributed by atoms with Crippen molar-refractivity contribution >= 4 is 92.5 Å². The fourth-order valence-corrected chi connectivity index (χ4v) is 10.6. The Kier molecular flexibility index (Phi) is 25.6. The van der Waals surface area contributed by atoms with Gasteiger partial charge >= 0.3 is 24.1 Å². The summed E-state index contributed by atoms with van der Waals surface area (Å²) in [6.07, 6.45) is 1.99. The number of anilines is 2. The number of carbonyl (C=O) groups is 9. The number of nitrogens with one attached hydrogen (secondary N) is 5. The van der Waals surface area contributed by atoms with Crippen molar-refractivity contribution in [2.75, 3.05) is 57.0 Å². The molecule has 3 aliphatic rings. The lowest BCUT2D eigenvalue weighted by Gasteiger charge is -2.42. The van der Waals surface area contributed by atoms with E-state index in [9.17, 15) is 48.3 Å². The number of unbranched alkanes of at least 4 members (excludes halogenated alkanes) is 2. The third-order valence-corrected chi connectivity index (χ3v) is 16.5. The minimum Gasteiger partial charge on any atom is -0.495 e. The third-order valence-electron chi connectivity index (χ3n) is 15.4. The summed E-state index contributed by atoms with van der Waals surface area (Å²) in [5.74, 6) is -4.90. The number of epoxide rings is 1. The minimum atomic E-state index is -1.91. The molecule has 5 rings (SSSR count). The fourth-order valence-electron chi connectivity index (χ4n) is 10.0. The van der Waals surface area contributed by atoms with Gasteiger partial charge in [-0.05, 0) is 107 Å². The molecule has 0 spiro atoms.